The molecule has 1 aromatic carbocycles. The molecule has 0 radical (unpaired) electrons. The van der Waals surface area contributed by atoms with Crippen molar-refractivity contribution < 1.29 is 14.2 Å². The highest BCUT2D eigenvalue weighted by molar-refractivity contribution is 5.80. The normalized spacial score (nSPS) is 17.7. The first-order valence-electron chi connectivity index (χ1n) is 8.94. The van der Waals surface area contributed by atoms with Crippen molar-refractivity contribution in [2.24, 2.45) is 10.9 Å². The summed E-state index contributed by atoms with van der Waals surface area (Å²) in [7, 11) is 5.08. The van der Waals surface area contributed by atoms with Gasteiger partial charge in [0.1, 0.15) is 0 Å². The van der Waals surface area contributed by atoms with Crippen LogP contribution in [-0.2, 0) is 11.2 Å². The van der Waals surface area contributed by atoms with Gasteiger partial charge in [-0.2, -0.15) is 0 Å². The second-order valence-electron chi connectivity index (χ2n) is 6.23. The number of rotatable bonds is 8. The van der Waals surface area contributed by atoms with E-state index in [0.29, 0.717) is 5.92 Å². The smallest absolute Gasteiger partial charge is 0.193 e. The van der Waals surface area contributed by atoms with Gasteiger partial charge in [-0.3, -0.25) is 4.99 Å². The van der Waals surface area contributed by atoms with Gasteiger partial charge in [-0.1, -0.05) is 6.07 Å². The lowest BCUT2D eigenvalue weighted by atomic mass is 10.1. The highest BCUT2D eigenvalue weighted by Crippen LogP contribution is 2.27. The van der Waals surface area contributed by atoms with E-state index in [2.05, 4.69) is 23.2 Å². The Hall–Kier alpha value is -1.95. The van der Waals surface area contributed by atoms with Crippen LogP contribution in [0.25, 0.3) is 0 Å². The van der Waals surface area contributed by atoms with Crippen LogP contribution in [-0.4, -0.2) is 65.0 Å². The van der Waals surface area contributed by atoms with Crippen molar-refractivity contribution in [2.75, 3.05) is 54.1 Å². The fourth-order valence-electron chi connectivity index (χ4n) is 3.15. The van der Waals surface area contributed by atoms with E-state index in [4.69, 9.17) is 19.2 Å². The lowest BCUT2D eigenvalue weighted by Crippen LogP contribution is -2.40. The molecule has 1 unspecified atom stereocenters. The molecule has 25 heavy (non-hydrogen) atoms. The van der Waals surface area contributed by atoms with Gasteiger partial charge in [0.15, 0.2) is 17.5 Å². The zero-order chi connectivity index (χ0) is 18.1. The van der Waals surface area contributed by atoms with E-state index in [1.807, 2.05) is 12.1 Å². The number of likely N-dealkylation sites (tertiary alicyclic amines) is 1. The summed E-state index contributed by atoms with van der Waals surface area (Å²) in [4.78, 5) is 7.14. The molecule has 2 rings (SSSR count). The van der Waals surface area contributed by atoms with Gasteiger partial charge in [-0.25, -0.2) is 0 Å². The first-order valence-corrected chi connectivity index (χ1v) is 8.94. The third-order valence-electron chi connectivity index (χ3n) is 4.43. The minimum atomic E-state index is 0.597. The highest BCUT2D eigenvalue weighted by Gasteiger charge is 2.24. The molecule has 1 aromatic rings. The molecule has 6 nitrogen and oxygen atoms in total. The number of aliphatic imine (C=N–C) groups is 1. The Bertz CT molecular complexity index is 563. The molecule has 1 N–H and O–H groups in total. The number of hydrogen-bond acceptors (Lipinski definition) is 4. The van der Waals surface area contributed by atoms with Crippen molar-refractivity contribution in [3.05, 3.63) is 23.8 Å². The van der Waals surface area contributed by atoms with Gasteiger partial charge < -0.3 is 24.4 Å². The Kier molecular flexibility index (Phi) is 7.85. The van der Waals surface area contributed by atoms with Crippen LogP contribution in [0.4, 0.5) is 0 Å². The van der Waals surface area contributed by atoms with Crippen molar-refractivity contribution in [1.29, 1.82) is 0 Å². The standard InChI is InChI=1S/C19H31N3O3/c1-5-20-19(22-11-9-16(13-22)14-23-2)21-10-8-15-6-7-17(24-3)18(12-15)25-4/h6-7,12,16H,5,8-11,13-14H2,1-4H3,(H,20,21). The SMILES string of the molecule is CCNC(=NCCc1ccc(OC)c(OC)c1)N1CCC(COC)C1. The van der Waals surface area contributed by atoms with E-state index in [9.17, 15) is 0 Å². The molecule has 0 aromatic heterocycles. The van der Waals surface area contributed by atoms with Gasteiger partial charge in [0.05, 0.1) is 20.8 Å². The number of benzene rings is 1. The molecule has 1 aliphatic rings. The molecule has 1 atom stereocenters. The predicted octanol–water partition coefficient (Wildman–Crippen LogP) is 2.18. The molecule has 0 bridgehead atoms. The molecule has 1 heterocycles. The summed E-state index contributed by atoms with van der Waals surface area (Å²) < 4.78 is 15.9. The number of guanidine groups is 1. The second kappa shape index (κ2) is 10.1. The van der Waals surface area contributed by atoms with Gasteiger partial charge >= 0.3 is 0 Å². The topological polar surface area (TPSA) is 55.3 Å². The summed E-state index contributed by atoms with van der Waals surface area (Å²) in [5.41, 5.74) is 1.19. The lowest BCUT2D eigenvalue weighted by molar-refractivity contribution is 0.157. The maximum absolute atomic E-state index is 5.37. The van der Waals surface area contributed by atoms with Crippen molar-refractivity contribution in [3.8, 4) is 11.5 Å². The molecule has 0 spiro atoms. The summed E-state index contributed by atoms with van der Waals surface area (Å²) in [6.45, 7) is 6.59. The highest BCUT2D eigenvalue weighted by atomic mass is 16.5. The first kappa shape index (κ1) is 19.4. The molecule has 0 saturated carbocycles. The summed E-state index contributed by atoms with van der Waals surface area (Å²) >= 11 is 0. The van der Waals surface area contributed by atoms with E-state index >= 15 is 0 Å². The molecular weight excluding hydrogens is 318 g/mol. The maximum atomic E-state index is 5.37. The van der Waals surface area contributed by atoms with Crippen molar-refractivity contribution in [1.82, 2.24) is 10.2 Å². The maximum Gasteiger partial charge on any atom is 0.193 e. The molecule has 0 aliphatic carbocycles. The number of hydrogen-bond donors (Lipinski definition) is 1. The summed E-state index contributed by atoms with van der Waals surface area (Å²) in [6.07, 6.45) is 2.03. The Labute approximate surface area is 151 Å². The third-order valence-corrected chi connectivity index (χ3v) is 4.43. The zero-order valence-corrected chi connectivity index (χ0v) is 15.9. The predicted molar refractivity (Wildman–Crippen MR) is 101 cm³/mol. The molecule has 140 valence electrons. The van der Waals surface area contributed by atoms with E-state index < -0.39 is 0 Å². The van der Waals surface area contributed by atoms with Crippen LogP contribution in [0.3, 0.4) is 0 Å². The molecule has 0 amide bonds. The summed E-state index contributed by atoms with van der Waals surface area (Å²) in [5.74, 6) is 3.11. The Morgan fingerprint density at radius 1 is 1.24 bits per heavy atom. The van der Waals surface area contributed by atoms with Crippen LogP contribution in [0.15, 0.2) is 23.2 Å². The average molecular weight is 349 g/mol. The van der Waals surface area contributed by atoms with Crippen LogP contribution in [0.2, 0.25) is 0 Å². The molecule has 6 heteroatoms. The van der Waals surface area contributed by atoms with E-state index in [1.165, 1.54) is 5.56 Å². The van der Waals surface area contributed by atoms with E-state index in [-0.39, 0.29) is 0 Å². The number of ether oxygens (including phenoxy) is 3. The molecular formula is C19H31N3O3. The van der Waals surface area contributed by atoms with E-state index in [1.54, 1.807) is 21.3 Å². The average Bonchev–Trinajstić information content (AvgIpc) is 3.09. The van der Waals surface area contributed by atoms with Crippen molar-refractivity contribution in [3.63, 3.8) is 0 Å². The quantitative estimate of drug-likeness (QED) is 0.576. The molecule has 1 fully saturated rings. The second-order valence-corrected chi connectivity index (χ2v) is 6.23. The van der Waals surface area contributed by atoms with Gasteiger partial charge in [-0.05, 0) is 37.5 Å². The van der Waals surface area contributed by atoms with Crippen LogP contribution in [0, 0.1) is 5.92 Å². The minimum absolute atomic E-state index is 0.597. The number of nitrogens with one attached hydrogen (secondary N) is 1. The first-order chi connectivity index (χ1) is 12.2. The number of methoxy groups -OCH3 is 3. The van der Waals surface area contributed by atoms with Gasteiger partial charge in [0.2, 0.25) is 0 Å². The molecule has 1 aliphatic heterocycles. The Morgan fingerprint density at radius 3 is 2.72 bits per heavy atom. The summed E-state index contributed by atoms with van der Waals surface area (Å²) in [6, 6.07) is 6.03. The van der Waals surface area contributed by atoms with Crippen LogP contribution in [0.1, 0.15) is 18.9 Å². The monoisotopic (exact) mass is 349 g/mol. The van der Waals surface area contributed by atoms with Crippen LogP contribution >= 0.6 is 0 Å². The fourth-order valence-corrected chi connectivity index (χ4v) is 3.15. The molecule has 1 saturated heterocycles. The fraction of sp³-hybridized carbons (Fsp3) is 0.632. The van der Waals surface area contributed by atoms with Crippen molar-refractivity contribution in [2.45, 2.75) is 19.8 Å². The Balaban J connectivity index is 1.95. The largest absolute Gasteiger partial charge is 0.493 e. The van der Waals surface area contributed by atoms with Crippen molar-refractivity contribution >= 4 is 5.96 Å². The minimum Gasteiger partial charge on any atom is -0.493 e. The van der Waals surface area contributed by atoms with Gasteiger partial charge in [0, 0.05) is 39.2 Å². The van der Waals surface area contributed by atoms with E-state index in [0.717, 1.165) is 63.1 Å². The van der Waals surface area contributed by atoms with Crippen LogP contribution in [0.5, 0.6) is 11.5 Å². The third kappa shape index (κ3) is 5.53. The number of nitrogens with zero attached hydrogens (tertiary/aromatic N) is 2. The van der Waals surface area contributed by atoms with Gasteiger partial charge in [-0.15, -0.1) is 0 Å². The summed E-state index contributed by atoms with van der Waals surface area (Å²) in [5, 5.41) is 3.40. The zero-order valence-electron chi connectivity index (χ0n) is 15.9. The lowest BCUT2D eigenvalue weighted by Gasteiger charge is -2.21. The van der Waals surface area contributed by atoms with Crippen LogP contribution < -0.4 is 14.8 Å². The van der Waals surface area contributed by atoms with Gasteiger partial charge in [0.25, 0.3) is 0 Å². The Morgan fingerprint density at radius 2 is 2.04 bits per heavy atom.